The van der Waals surface area contributed by atoms with E-state index in [0.29, 0.717) is 22.7 Å². The Morgan fingerprint density at radius 2 is 1.54 bits per heavy atom. The molecule has 6 atom stereocenters. The van der Waals surface area contributed by atoms with E-state index in [0.717, 1.165) is 11.4 Å². The Labute approximate surface area is 318 Å². The summed E-state index contributed by atoms with van der Waals surface area (Å²) in [5, 5.41) is 8.36. The number of benzene rings is 1. The number of ether oxygens (including phenoxy) is 1. The number of hydrogen-bond donors (Lipinski definition) is 4. The number of rotatable bonds is 14. The number of likely N-dealkylation sites (tertiary alicyclic amines) is 1. The summed E-state index contributed by atoms with van der Waals surface area (Å²) < 4.78 is 33.5. The van der Waals surface area contributed by atoms with Gasteiger partial charge >= 0.3 is 22.3 Å². The number of piperidine rings is 1. The van der Waals surface area contributed by atoms with Gasteiger partial charge in [0.1, 0.15) is 24.7 Å². The molecule has 1 aromatic rings. The predicted octanol–water partition coefficient (Wildman–Crippen LogP) is 1.99. The highest BCUT2D eigenvalue weighted by atomic mass is 32.2. The van der Waals surface area contributed by atoms with Crippen LogP contribution in [0, 0.1) is 34.0 Å². The minimum absolute atomic E-state index is 0.00868. The second-order valence-electron chi connectivity index (χ2n) is 17.6. The molecule has 4 rings (SSSR count). The molecular formula is C37H57N7O9S. The van der Waals surface area contributed by atoms with Gasteiger partial charge in [-0.15, -0.1) is 0 Å². The van der Waals surface area contributed by atoms with E-state index in [1.165, 1.54) is 11.9 Å². The van der Waals surface area contributed by atoms with Crippen molar-refractivity contribution >= 4 is 45.8 Å². The van der Waals surface area contributed by atoms with Gasteiger partial charge in [-0.2, -0.15) is 17.0 Å². The summed E-state index contributed by atoms with van der Waals surface area (Å²) in [5.74, 6) is -3.44. The summed E-state index contributed by atoms with van der Waals surface area (Å²) in [5.41, 5.74) is 4.18. The normalized spacial score (nSPS) is 22.3. The topological polar surface area (TPSA) is 218 Å². The standard InChI is InChI=1S/C37H57N7O9S/c1-35(2,3)24(19-42(9)54(51,52)43(10)34(50)53-20-21-14-12-11-13-15-21)39-33(49)41-29(36(4,5)6)32(48)44-18-23-25(37(23,7)8)27(44)31(47)40-26(22-16-17-22)28(45)30(38)46/h11-15,22-27,29H,16-20H2,1-10H3,(H2,38,46)(H,40,47)(H2,39,41,49)/t23-,24+,25-,26?,27-,29+/m0/s1. The van der Waals surface area contributed by atoms with Crippen LogP contribution in [0.4, 0.5) is 9.59 Å². The van der Waals surface area contributed by atoms with Crippen molar-refractivity contribution in [3.05, 3.63) is 35.9 Å². The number of carbonyl (C=O) groups excluding carboxylic acids is 6. The van der Waals surface area contributed by atoms with E-state index in [4.69, 9.17) is 10.5 Å². The molecule has 0 radical (unpaired) electrons. The molecule has 1 heterocycles. The maximum Gasteiger partial charge on any atom is 0.424 e. The van der Waals surface area contributed by atoms with Crippen molar-refractivity contribution in [2.24, 2.45) is 39.7 Å². The number of likely N-dealkylation sites (N-methyl/N-ethyl adjacent to an activating group) is 1. The first-order valence-corrected chi connectivity index (χ1v) is 19.6. The van der Waals surface area contributed by atoms with E-state index in [2.05, 4.69) is 16.0 Å². The van der Waals surface area contributed by atoms with Crippen LogP contribution in [0.3, 0.4) is 0 Å². The van der Waals surface area contributed by atoms with Crippen LogP contribution in [0.1, 0.15) is 73.8 Å². The average molecular weight is 776 g/mol. The van der Waals surface area contributed by atoms with Gasteiger partial charge in [-0.1, -0.05) is 85.7 Å². The van der Waals surface area contributed by atoms with Gasteiger partial charge in [0, 0.05) is 33.2 Å². The molecule has 300 valence electrons. The van der Waals surface area contributed by atoms with Gasteiger partial charge in [-0.05, 0) is 52.4 Å². The number of urea groups is 1. The van der Waals surface area contributed by atoms with Gasteiger partial charge in [0.2, 0.25) is 17.6 Å². The molecule has 0 spiro atoms. The minimum atomic E-state index is -4.38. The third-order valence-electron chi connectivity index (χ3n) is 11.1. The number of nitrogens with one attached hydrogen (secondary N) is 3. The summed E-state index contributed by atoms with van der Waals surface area (Å²) in [6, 6.07) is 4.15. The first kappa shape index (κ1) is 42.5. The van der Waals surface area contributed by atoms with Gasteiger partial charge < -0.3 is 31.3 Å². The molecule has 1 aliphatic heterocycles. The lowest BCUT2D eigenvalue weighted by atomic mass is 9.85. The third kappa shape index (κ3) is 9.33. The summed E-state index contributed by atoms with van der Waals surface area (Å²) in [6.07, 6.45) is 0.248. The molecule has 0 aromatic heterocycles. The fraction of sp³-hybridized carbons (Fsp3) is 0.676. The van der Waals surface area contributed by atoms with Crippen LogP contribution in [-0.2, 0) is 40.7 Å². The Hall–Kier alpha value is -4.25. The lowest BCUT2D eigenvalue weighted by molar-refractivity contribution is -0.145. The number of nitrogens with zero attached hydrogens (tertiary/aromatic N) is 3. The van der Waals surface area contributed by atoms with Crippen molar-refractivity contribution in [2.75, 3.05) is 27.2 Å². The molecule has 2 aliphatic carbocycles. The van der Waals surface area contributed by atoms with E-state index in [-0.39, 0.29) is 42.9 Å². The van der Waals surface area contributed by atoms with Crippen molar-refractivity contribution < 1.29 is 41.9 Å². The molecule has 17 heteroatoms. The van der Waals surface area contributed by atoms with Crippen molar-refractivity contribution in [1.82, 2.24) is 29.5 Å². The monoisotopic (exact) mass is 775 g/mol. The first-order valence-electron chi connectivity index (χ1n) is 18.2. The fourth-order valence-corrected chi connectivity index (χ4v) is 8.18. The molecule has 54 heavy (non-hydrogen) atoms. The summed E-state index contributed by atoms with van der Waals surface area (Å²) >= 11 is 0. The molecule has 0 bridgehead atoms. The third-order valence-corrected chi connectivity index (χ3v) is 12.8. The number of carbonyl (C=O) groups is 6. The number of fused-ring (bicyclic) bond motifs is 1. The number of nitrogens with two attached hydrogens (primary N) is 1. The summed E-state index contributed by atoms with van der Waals surface area (Å²) in [6.45, 7) is 14.7. The molecule has 1 saturated heterocycles. The molecular weight excluding hydrogens is 719 g/mol. The van der Waals surface area contributed by atoms with Crippen LogP contribution in [0.15, 0.2) is 30.3 Å². The highest BCUT2D eigenvalue weighted by Gasteiger charge is 2.70. The van der Waals surface area contributed by atoms with Gasteiger partial charge in [0.15, 0.2) is 0 Å². The number of amides is 6. The molecule has 1 unspecified atom stereocenters. The lowest BCUT2D eigenvalue weighted by Gasteiger charge is -2.39. The Bertz CT molecular complexity index is 1740. The van der Waals surface area contributed by atoms with Gasteiger partial charge in [-0.3, -0.25) is 19.2 Å². The van der Waals surface area contributed by atoms with Crippen LogP contribution in [0.25, 0.3) is 0 Å². The molecule has 5 N–H and O–H groups in total. The maximum atomic E-state index is 14.4. The molecule has 6 amide bonds. The zero-order valence-corrected chi connectivity index (χ0v) is 33.8. The zero-order chi connectivity index (χ0) is 40.7. The fourth-order valence-electron chi connectivity index (χ4n) is 7.18. The molecule has 3 aliphatic rings. The van der Waals surface area contributed by atoms with Crippen LogP contribution in [0.2, 0.25) is 0 Å². The van der Waals surface area contributed by atoms with Crippen LogP contribution in [0.5, 0.6) is 0 Å². The molecule has 16 nitrogen and oxygen atoms in total. The van der Waals surface area contributed by atoms with Crippen molar-refractivity contribution in [1.29, 1.82) is 0 Å². The quantitative estimate of drug-likeness (QED) is 0.203. The van der Waals surface area contributed by atoms with Crippen LogP contribution in [-0.4, -0.2) is 109 Å². The molecule has 2 saturated carbocycles. The zero-order valence-electron chi connectivity index (χ0n) is 33.0. The minimum Gasteiger partial charge on any atom is -0.444 e. The van der Waals surface area contributed by atoms with E-state index >= 15 is 0 Å². The van der Waals surface area contributed by atoms with Gasteiger partial charge in [0.05, 0.1) is 0 Å². The average Bonchev–Trinajstić information content (AvgIpc) is 3.95. The van der Waals surface area contributed by atoms with Gasteiger partial charge in [-0.25, -0.2) is 9.59 Å². The second kappa shape index (κ2) is 15.5. The number of primary amides is 1. The molecule has 3 fully saturated rings. The number of Topliss-reactive ketones (excluding diaryl/α,β-unsaturated/α-hetero) is 1. The molecule has 1 aromatic carbocycles. The number of hydrogen-bond acceptors (Lipinski definition) is 9. The Kier molecular flexibility index (Phi) is 12.2. The highest BCUT2D eigenvalue weighted by Crippen LogP contribution is 2.65. The first-order chi connectivity index (χ1) is 24.8. The number of ketones is 1. The van der Waals surface area contributed by atoms with E-state index in [1.807, 2.05) is 34.6 Å². The van der Waals surface area contributed by atoms with E-state index < -0.39 is 80.8 Å². The Balaban J connectivity index is 1.47. The van der Waals surface area contributed by atoms with Crippen molar-refractivity contribution in [2.45, 2.75) is 99.0 Å². The van der Waals surface area contributed by atoms with Crippen molar-refractivity contribution in [3.63, 3.8) is 0 Å². The maximum absolute atomic E-state index is 14.4. The lowest BCUT2D eigenvalue weighted by Crippen LogP contribution is -2.63. The Morgan fingerprint density at radius 1 is 0.944 bits per heavy atom. The van der Waals surface area contributed by atoms with Crippen LogP contribution >= 0.6 is 0 Å². The van der Waals surface area contributed by atoms with Crippen molar-refractivity contribution in [3.8, 4) is 0 Å². The SMILES string of the molecule is CN(C[C@@H](NC(=O)N[C@H](C(=O)N1C[C@H]2[C@@H]([C@H]1C(=O)NC(C(=O)C(N)=O)C1CC1)C2(C)C)C(C)(C)C)C(C)(C)C)S(=O)(=O)N(C)C(=O)OCc1ccccc1. The second-order valence-corrected chi connectivity index (χ2v) is 19.6. The van der Waals surface area contributed by atoms with Crippen LogP contribution < -0.4 is 21.7 Å². The van der Waals surface area contributed by atoms with E-state index in [1.54, 1.807) is 51.1 Å². The Morgan fingerprint density at radius 3 is 2.06 bits per heavy atom. The highest BCUT2D eigenvalue weighted by molar-refractivity contribution is 7.87. The van der Waals surface area contributed by atoms with Gasteiger partial charge in [0.25, 0.3) is 5.91 Å². The summed E-state index contributed by atoms with van der Waals surface area (Å²) in [7, 11) is -2.00. The largest absolute Gasteiger partial charge is 0.444 e. The predicted molar refractivity (Wildman–Crippen MR) is 199 cm³/mol. The smallest absolute Gasteiger partial charge is 0.424 e. The van der Waals surface area contributed by atoms with E-state index in [9.17, 15) is 37.2 Å². The summed E-state index contributed by atoms with van der Waals surface area (Å²) in [4.78, 5) is 80.5.